The molecule has 1 aliphatic heterocycles. The van der Waals surface area contributed by atoms with Crippen LogP contribution in [-0.2, 0) is 11.2 Å². The predicted molar refractivity (Wildman–Crippen MR) is 103 cm³/mol. The van der Waals surface area contributed by atoms with Crippen LogP contribution in [0.25, 0.3) is 11.0 Å². The molecule has 0 aliphatic carbocycles. The molecule has 1 aliphatic rings. The van der Waals surface area contributed by atoms with Crippen molar-refractivity contribution in [1.29, 1.82) is 0 Å². The number of amides is 1. The Bertz CT molecular complexity index is 960. The van der Waals surface area contributed by atoms with E-state index < -0.39 is 0 Å². The minimum atomic E-state index is -0.250. The van der Waals surface area contributed by atoms with Gasteiger partial charge in [-0.1, -0.05) is 24.3 Å². The summed E-state index contributed by atoms with van der Waals surface area (Å²) >= 11 is 0. The molecule has 1 amide bonds. The van der Waals surface area contributed by atoms with Crippen molar-refractivity contribution in [3.8, 4) is 11.5 Å². The Balaban J connectivity index is 1.39. The van der Waals surface area contributed by atoms with E-state index in [-0.39, 0.29) is 24.2 Å². The van der Waals surface area contributed by atoms with Crippen molar-refractivity contribution in [3.05, 3.63) is 53.9 Å². The molecule has 2 aromatic carbocycles. The fourth-order valence-electron chi connectivity index (χ4n) is 3.37. The molecule has 0 fully saturated rings. The van der Waals surface area contributed by atoms with E-state index in [1.54, 1.807) is 0 Å². The molecular weight excluding hydrogens is 342 g/mol. The maximum Gasteiger partial charge on any atom is 0.258 e. The van der Waals surface area contributed by atoms with E-state index in [4.69, 9.17) is 9.47 Å². The normalized spacial score (nSPS) is 15.8. The molecule has 0 spiro atoms. The average molecular weight is 365 g/mol. The number of nitrogens with zero attached hydrogens (tertiary/aromatic N) is 1. The molecular formula is C21H23N3O3. The van der Waals surface area contributed by atoms with Crippen LogP contribution in [0.5, 0.6) is 11.5 Å². The largest absolute Gasteiger partial charge is 0.483 e. The summed E-state index contributed by atoms with van der Waals surface area (Å²) in [7, 11) is 0. The highest BCUT2D eigenvalue weighted by molar-refractivity contribution is 5.78. The number of imidazole rings is 1. The van der Waals surface area contributed by atoms with Gasteiger partial charge in [0.25, 0.3) is 5.91 Å². The highest BCUT2D eigenvalue weighted by Gasteiger charge is 2.32. The number of hydrogen-bond donors (Lipinski definition) is 2. The maximum absolute atomic E-state index is 12.3. The zero-order valence-electron chi connectivity index (χ0n) is 15.7. The molecule has 0 saturated carbocycles. The van der Waals surface area contributed by atoms with Gasteiger partial charge >= 0.3 is 0 Å². The van der Waals surface area contributed by atoms with Crippen molar-refractivity contribution in [1.82, 2.24) is 15.3 Å². The highest BCUT2D eigenvalue weighted by atomic mass is 16.5. The number of para-hydroxylation sites is 3. The minimum absolute atomic E-state index is 0.0786. The van der Waals surface area contributed by atoms with E-state index in [2.05, 4.69) is 15.3 Å². The lowest BCUT2D eigenvalue weighted by Crippen LogP contribution is -2.31. The van der Waals surface area contributed by atoms with Gasteiger partial charge in [-0.05, 0) is 39.0 Å². The van der Waals surface area contributed by atoms with Gasteiger partial charge in [0, 0.05) is 12.0 Å². The second-order valence-electron chi connectivity index (χ2n) is 7.50. The van der Waals surface area contributed by atoms with Crippen molar-refractivity contribution in [2.45, 2.75) is 38.8 Å². The molecule has 0 unspecified atom stereocenters. The van der Waals surface area contributed by atoms with Gasteiger partial charge in [0.05, 0.1) is 17.1 Å². The molecule has 27 heavy (non-hydrogen) atoms. The molecule has 0 radical (unpaired) electrons. The van der Waals surface area contributed by atoms with Crippen molar-refractivity contribution < 1.29 is 14.3 Å². The Hall–Kier alpha value is -3.02. The first kappa shape index (κ1) is 17.4. The number of carbonyl (C=O) groups excluding carboxylic acids is 1. The van der Waals surface area contributed by atoms with Crippen LogP contribution in [0, 0.1) is 0 Å². The van der Waals surface area contributed by atoms with Gasteiger partial charge in [0.1, 0.15) is 11.4 Å². The fraction of sp³-hybridized carbons (Fsp3) is 0.333. The third-order valence-electron chi connectivity index (χ3n) is 4.61. The molecule has 0 saturated heterocycles. The summed E-state index contributed by atoms with van der Waals surface area (Å²) in [6.45, 7) is 5.89. The number of rotatable bonds is 5. The van der Waals surface area contributed by atoms with E-state index in [1.165, 1.54) is 0 Å². The monoisotopic (exact) mass is 365 g/mol. The van der Waals surface area contributed by atoms with Crippen LogP contribution >= 0.6 is 0 Å². The third-order valence-corrected chi connectivity index (χ3v) is 4.61. The first-order chi connectivity index (χ1) is 12.9. The Morgan fingerprint density at radius 1 is 1.30 bits per heavy atom. The van der Waals surface area contributed by atoms with Crippen molar-refractivity contribution in [2.75, 3.05) is 6.61 Å². The Labute approximate surface area is 157 Å². The number of H-pyrrole nitrogens is 1. The lowest BCUT2D eigenvalue weighted by molar-refractivity contribution is -0.123. The molecule has 1 aromatic heterocycles. The zero-order valence-corrected chi connectivity index (χ0v) is 15.7. The number of aromatic nitrogens is 2. The van der Waals surface area contributed by atoms with Gasteiger partial charge < -0.3 is 19.8 Å². The van der Waals surface area contributed by atoms with Crippen LogP contribution in [0.15, 0.2) is 42.5 Å². The SMILES string of the molecule is C[C@H](NC(=O)COc1cccc2c1OC(C)(C)C2)c1nc2ccccc2[nH]1. The Morgan fingerprint density at radius 3 is 2.93 bits per heavy atom. The summed E-state index contributed by atoms with van der Waals surface area (Å²) in [5.41, 5.74) is 2.68. The highest BCUT2D eigenvalue weighted by Crippen LogP contribution is 2.41. The van der Waals surface area contributed by atoms with Gasteiger partial charge in [-0.25, -0.2) is 4.98 Å². The van der Waals surface area contributed by atoms with Crippen LogP contribution in [0.3, 0.4) is 0 Å². The quantitative estimate of drug-likeness (QED) is 0.725. The topological polar surface area (TPSA) is 76.2 Å². The van der Waals surface area contributed by atoms with E-state index in [0.29, 0.717) is 5.75 Å². The molecule has 140 valence electrons. The fourth-order valence-corrected chi connectivity index (χ4v) is 3.37. The van der Waals surface area contributed by atoms with Gasteiger partial charge in [-0.15, -0.1) is 0 Å². The molecule has 2 heterocycles. The lowest BCUT2D eigenvalue weighted by atomic mass is 10.0. The molecule has 4 rings (SSSR count). The smallest absolute Gasteiger partial charge is 0.258 e. The van der Waals surface area contributed by atoms with Crippen molar-refractivity contribution >= 4 is 16.9 Å². The van der Waals surface area contributed by atoms with Crippen LogP contribution in [0.2, 0.25) is 0 Å². The first-order valence-electron chi connectivity index (χ1n) is 9.09. The summed E-state index contributed by atoms with van der Waals surface area (Å²) in [5.74, 6) is 1.85. The van der Waals surface area contributed by atoms with Crippen LogP contribution < -0.4 is 14.8 Å². The molecule has 1 atom stereocenters. The van der Waals surface area contributed by atoms with Crippen LogP contribution in [-0.4, -0.2) is 28.1 Å². The third kappa shape index (κ3) is 3.60. The second-order valence-corrected chi connectivity index (χ2v) is 7.50. The summed E-state index contributed by atoms with van der Waals surface area (Å²) in [6.07, 6.45) is 0.828. The van der Waals surface area contributed by atoms with E-state index in [9.17, 15) is 4.79 Å². The Kier molecular flexibility index (Phi) is 4.26. The Morgan fingerprint density at radius 2 is 2.11 bits per heavy atom. The summed E-state index contributed by atoms with van der Waals surface area (Å²) in [6, 6.07) is 13.3. The molecule has 0 bridgehead atoms. The van der Waals surface area contributed by atoms with Crippen molar-refractivity contribution in [3.63, 3.8) is 0 Å². The summed E-state index contributed by atoms with van der Waals surface area (Å²) < 4.78 is 11.7. The maximum atomic E-state index is 12.3. The summed E-state index contributed by atoms with van der Waals surface area (Å²) in [5, 5.41) is 2.91. The number of nitrogens with one attached hydrogen (secondary N) is 2. The molecule has 2 N–H and O–H groups in total. The lowest BCUT2D eigenvalue weighted by Gasteiger charge is -2.18. The summed E-state index contributed by atoms with van der Waals surface area (Å²) in [4.78, 5) is 20.1. The standard InChI is InChI=1S/C21H23N3O3/c1-13(20-23-15-8-4-5-9-16(15)24-20)22-18(25)12-26-17-10-6-7-14-11-21(2,3)27-19(14)17/h4-10,13H,11-12H2,1-3H3,(H,22,25)(H,23,24)/t13-/m0/s1. The first-order valence-corrected chi connectivity index (χ1v) is 9.09. The number of benzene rings is 2. The van der Waals surface area contributed by atoms with Gasteiger partial charge in [0.15, 0.2) is 18.1 Å². The predicted octanol–water partition coefficient (Wildman–Crippen LogP) is 3.53. The number of carbonyl (C=O) groups is 1. The molecule has 6 nitrogen and oxygen atoms in total. The van der Waals surface area contributed by atoms with Gasteiger partial charge in [-0.3, -0.25) is 4.79 Å². The van der Waals surface area contributed by atoms with Crippen LogP contribution in [0.4, 0.5) is 0 Å². The number of ether oxygens (including phenoxy) is 2. The number of hydrogen-bond acceptors (Lipinski definition) is 4. The van der Waals surface area contributed by atoms with Crippen LogP contribution in [0.1, 0.15) is 38.2 Å². The number of fused-ring (bicyclic) bond motifs is 2. The molecule has 6 heteroatoms. The van der Waals surface area contributed by atoms with Gasteiger partial charge in [0.2, 0.25) is 0 Å². The van der Waals surface area contributed by atoms with Gasteiger partial charge in [-0.2, -0.15) is 0 Å². The van der Waals surface area contributed by atoms with E-state index >= 15 is 0 Å². The van der Waals surface area contributed by atoms with E-state index in [1.807, 2.05) is 63.2 Å². The average Bonchev–Trinajstić information content (AvgIpc) is 3.19. The zero-order chi connectivity index (χ0) is 19.0. The number of aromatic amines is 1. The van der Waals surface area contributed by atoms with E-state index in [0.717, 1.165) is 34.6 Å². The second kappa shape index (κ2) is 6.61. The van der Waals surface area contributed by atoms with Crippen molar-refractivity contribution in [2.24, 2.45) is 0 Å². The molecule has 3 aromatic rings. The minimum Gasteiger partial charge on any atom is -0.483 e.